The molecule has 0 radical (unpaired) electrons. The van der Waals surface area contributed by atoms with Crippen LogP contribution in [0.2, 0.25) is 0 Å². The monoisotopic (exact) mass is 234 g/mol. The Labute approximate surface area is 104 Å². The molecule has 1 fully saturated rings. The van der Waals surface area contributed by atoms with Crippen molar-refractivity contribution in [2.45, 2.75) is 32.2 Å². The minimum absolute atomic E-state index is 0.352. The van der Waals surface area contributed by atoms with Crippen molar-refractivity contribution in [3.63, 3.8) is 0 Å². The zero-order chi connectivity index (χ0) is 12.3. The molecule has 1 aliphatic rings. The van der Waals surface area contributed by atoms with E-state index in [4.69, 9.17) is 10.6 Å². The SMILES string of the molecule is CCCC1CCN(N)C1c1cccc(OC)c1. The number of ether oxygens (including phenoxy) is 1. The Morgan fingerprint density at radius 2 is 2.29 bits per heavy atom. The maximum atomic E-state index is 6.12. The lowest BCUT2D eigenvalue weighted by molar-refractivity contribution is 0.228. The molecule has 0 aliphatic carbocycles. The van der Waals surface area contributed by atoms with E-state index in [9.17, 15) is 0 Å². The van der Waals surface area contributed by atoms with Crippen LogP contribution in [0.4, 0.5) is 0 Å². The molecular formula is C14H22N2O. The van der Waals surface area contributed by atoms with Gasteiger partial charge in [0.2, 0.25) is 0 Å². The zero-order valence-corrected chi connectivity index (χ0v) is 10.7. The molecule has 2 atom stereocenters. The molecule has 0 aromatic heterocycles. The quantitative estimate of drug-likeness (QED) is 0.814. The molecule has 1 aromatic carbocycles. The summed E-state index contributed by atoms with van der Waals surface area (Å²) in [6, 6.07) is 8.64. The molecule has 1 aromatic rings. The van der Waals surface area contributed by atoms with Crippen LogP contribution in [0.25, 0.3) is 0 Å². The van der Waals surface area contributed by atoms with Crippen molar-refractivity contribution in [3.8, 4) is 5.75 Å². The fourth-order valence-electron chi connectivity index (χ4n) is 2.84. The molecular weight excluding hydrogens is 212 g/mol. The third kappa shape index (κ3) is 2.61. The van der Waals surface area contributed by atoms with Crippen LogP contribution in [-0.2, 0) is 0 Å². The summed E-state index contributed by atoms with van der Waals surface area (Å²) < 4.78 is 5.29. The van der Waals surface area contributed by atoms with Gasteiger partial charge in [-0.2, -0.15) is 0 Å². The molecule has 1 saturated heterocycles. The minimum Gasteiger partial charge on any atom is -0.497 e. The Bertz CT molecular complexity index is 365. The third-order valence-electron chi connectivity index (χ3n) is 3.66. The van der Waals surface area contributed by atoms with Crippen LogP contribution in [0, 0.1) is 5.92 Å². The zero-order valence-electron chi connectivity index (χ0n) is 10.7. The number of rotatable bonds is 4. The molecule has 1 heterocycles. The lowest BCUT2D eigenvalue weighted by Gasteiger charge is -2.25. The van der Waals surface area contributed by atoms with Crippen molar-refractivity contribution in [1.29, 1.82) is 0 Å². The molecule has 3 heteroatoms. The van der Waals surface area contributed by atoms with Gasteiger partial charge in [-0.1, -0.05) is 25.5 Å². The number of hydrazine groups is 1. The summed E-state index contributed by atoms with van der Waals surface area (Å²) in [6.45, 7) is 3.23. The summed E-state index contributed by atoms with van der Waals surface area (Å²) in [5, 5.41) is 1.98. The van der Waals surface area contributed by atoms with Crippen LogP contribution in [0.1, 0.15) is 37.8 Å². The number of nitrogens with two attached hydrogens (primary N) is 1. The van der Waals surface area contributed by atoms with Crippen molar-refractivity contribution in [2.75, 3.05) is 13.7 Å². The van der Waals surface area contributed by atoms with Gasteiger partial charge in [0.1, 0.15) is 5.75 Å². The van der Waals surface area contributed by atoms with Gasteiger partial charge in [0.25, 0.3) is 0 Å². The molecule has 94 valence electrons. The highest BCUT2D eigenvalue weighted by Crippen LogP contribution is 2.38. The first-order valence-electron chi connectivity index (χ1n) is 6.41. The predicted octanol–water partition coefficient (Wildman–Crippen LogP) is 2.73. The first kappa shape index (κ1) is 12.4. The Balaban J connectivity index is 2.22. The van der Waals surface area contributed by atoms with Crippen LogP contribution in [0.3, 0.4) is 0 Å². The summed E-state index contributed by atoms with van der Waals surface area (Å²) in [5.41, 5.74) is 1.28. The van der Waals surface area contributed by atoms with Crippen molar-refractivity contribution >= 4 is 0 Å². The number of nitrogens with zero attached hydrogens (tertiary/aromatic N) is 1. The highest BCUT2D eigenvalue weighted by Gasteiger charge is 2.32. The summed E-state index contributed by atoms with van der Waals surface area (Å²) in [5.74, 6) is 7.71. The van der Waals surface area contributed by atoms with E-state index in [-0.39, 0.29) is 0 Å². The highest BCUT2D eigenvalue weighted by molar-refractivity contribution is 5.31. The summed E-state index contributed by atoms with van der Waals surface area (Å²) in [4.78, 5) is 0. The Morgan fingerprint density at radius 1 is 1.47 bits per heavy atom. The van der Waals surface area contributed by atoms with E-state index in [0.717, 1.165) is 12.3 Å². The topological polar surface area (TPSA) is 38.5 Å². The summed E-state index contributed by atoms with van der Waals surface area (Å²) in [7, 11) is 1.71. The van der Waals surface area contributed by atoms with Crippen LogP contribution >= 0.6 is 0 Å². The van der Waals surface area contributed by atoms with E-state index < -0.39 is 0 Å². The first-order chi connectivity index (χ1) is 8.26. The fraction of sp³-hybridized carbons (Fsp3) is 0.571. The number of hydrogen-bond acceptors (Lipinski definition) is 3. The standard InChI is InChI=1S/C14H22N2O/c1-3-5-11-8-9-16(15)14(11)12-6-4-7-13(10-12)17-2/h4,6-7,10-11,14H,3,5,8-9,15H2,1-2H3. The average molecular weight is 234 g/mol. The van der Waals surface area contributed by atoms with Gasteiger partial charge < -0.3 is 4.74 Å². The maximum Gasteiger partial charge on any atom is 0.119 e. The van der Waals surface area contributed by atoms with E-state index >= 15 is 0 Å². The van der Waals surface area contributed by atoms with Gasteiger partial charge in [0.15, 0.2) is 0 Å². The van der Waals surface area contributed by atoms with Gasteiger partial charge in [-0.15, -0.1) is 0 Å². The van der Waals surface area contributed by atoms with Crippen molar-refractivity contribution < 1.29 is 4.74 Å². The van der Waals surface area contributed by atoms with Gasteiger partial charge in [0.05, 0.1) is 13.2 Å². The second kappa shape index (κ2) is 5.52. The summed E-state index contributed by atoms with van der Waals surface area (Å²) >= 11 is 0. The van der Waals surface area contributed by atoms with E-state index in [1.165, 1.54) is 24.8 Å². The van der Waals surface area contributed by atoms with Gasteiger partial charge in [-0.25, -0.2) is 5.01 Å². The van der Waals surface area contributed by atoms with Gasteiger partial charge in [-0.05, 0) is 36.5 Å². The Hall–Kier alpha value is -1.06. The maximum absolute atomic E-state index is 6.12. The van der Waals surface area contributed by atoms with E-state index in [2.05, 4.69) is 19.1 Å². The first-order valence-corrected chi connectivity index (χ1v) is 6.41. The molecule has 0 spiro atoms. The molecule has 1 aliphatic heterocycles. The lowest BCUT2D eigenvalue weighted by Crippen LogP contribution is -2.32. The fourth-order valence-corrected chi connectivity index (χ4v) is 2.84. The molecule has 3 nitrogen and oxygen atoms in total. The number of methoxy groups -OCH3 is 1. The molecule has 17 heavy (non-hydrogen) atoms. The Kier molecular flexibility index (Phi) is 4.02. The number of benzene rings is 1. The molecule has 2 N–H and O–H groups in total. The summed E-state index contributed by atoms with van der Waals surface area (Å²) in [6.07, 6.45) is 3.67. The van der Waals surface area contributed by atoms with Crippen molar-refractivity contribution in [1.82, 2.24) is 5.01 Å². The minimum atomic E-state index is 0.352. The molecule has 2 rings (SSSR count). The largest absolute Gasteiger partial charge is 0.497 e. The Morgan fingerprint density at radius 3 is 3.00 bits per heavy atom. The second-order valence-corrected chi connectivity index (χ2v) is 4.80. The van der Waals surface area contributed by atoms with E-state index in [1.54, 1.807) is 7.11 Å². The lowest BCUT2D eigenvalue weighted by atomic mass is 9.90. The van der Waals surface area contributed by atoms with Crippen LogP contribution in [0.5, 0.6) is 5.75 Å². The van der Waals surface area contributed by atoms with Crippen molar-refractivity contribution in [2.24, 2.45) is 11.8 Å². The second-order valence-electron chi connectivity index (χ2n) is 4.80. The van der Waals surface area contributed by atoms with Crippen LogP contribution in [0.15, 0.2) is 24.3 Å². The predicted molar refractivity (Wildman–Crippen MR) is 69.6 cm³/mol. The number of hydrogen-bond donors (Lipinski definition) is 1. The molecule has 2 unspecified atom stereocenters. The average Bonchev–Trinajstić information content (AvgIpc) is 2.71. The van der Waals surface area contributed by atoms with Crippen molar-refractivity contribution in [3.05, 3.63) is 29.8 Å². The van der Waals surface area contributed by atoms with Gasteiger partial charge >= 0.3 is 0 Å². The van der Waals surface area contributed by atoms with Gasteiger partial charge in [-0.3, -0.25) is 5.84 Å². The molecule has 0 saturated carbocycles. The van der Waals surface area contributed by atoms with Crippen LogP contribution in [-0.4, -0.2) is 18.7 Å². The van der Waals surface area contributed by atoms with E-state index in [1.807, 2.05) is 17.1 Å². The van der Waals surface area contributed by atoms with E-state index in [0.29, 0.717) is 12.0 Å². The highest BCUT2D eigenvalue weighted by atomic mass is 16.5. The normalized spacial score (nSPS) is 25.1. The van der Waals surface area contributed by atoms with Gasteiger partial charge in [0, 0.05) is 6.54 Å². The molecule has 0 bridgehead atoms. The smallest absolute Gasteiger partial charge is 0.119 e. The third-order valence-corrected chi connectivity index (χ3v) is 3.66. The van der Waals surface area contributed by atoms with Crippen LogP contribution < -0.4 is 10.6 Å². The molecule has 0 amide bonds.